The molecule has 0 aromatic heterocycles. The van der Waals surface area contributed by atoms with Crippen molar-refractivity contribution in [3.05, 3.63) is 109 Å². The van der Waals surface area contributed by atoms with E-state index in [1.807, 2.05) is 60.7 Å². The Hall–Kier alpha value is -4.96. The van der Waals surface area contributed by atoms with E-state index in [0.717, 1.165) is 45.5 Å². The Bertz CT molecular complexity index is 1980. The van der Waals surface area contributed by atoms with Crippen molar-refractivity contribution in [1.82, 2.24) is 0 Å². The topological polar surface area (TPSA) is 80.9 Å². The molecule has 0 aliphatic carbocycles. The highest BCUT2D eigenvalue weighted by atomic mass is 16.3. The third-order valence-corrected chi connectivity index (χ3v) is 9.09. The molecule has 0 amide bonds. The third kappa shape index (κ3) is 6.82. The number of aromatic hydroxyl groups is 4. The molecule has 0 spiro atoms. The van der Waals surface area contributed by atoms with Crippen LogP contribution >= 0.6 is 0 Å². The zero-order chi connectivity index (χ0) is 32.0. The Morgan fingerprint density at radius 3 is 1.50 bits per heavy atom. The number of rotatable bonds is 12. The number of hydrogen-bond acceptors (Lipinski definition) is 4. The summed E-state index contributed by atoms with van der Waals surface area (Å²) in [6, 6.07) is 32.4. The van der Waals surface area contributed by atoms with Crippen LogP contribution in [0.1, 0.15) is 63.9 Å². The fraction of sp³-hybridized carbons (Fsp3) is 0.238. The lowest BCUT2D eigenvalue weighted by Crippen LogP contribution is -1.89. The predicted molar refractivity (Wildman–Crippen MR) is 191 cm³/mol. The molecule has 0 saturated carbocycles. The fourth-order valence-electron chi connectivity index (χ4n) is 6.49. The van der Waals surface area contributed by atoms with Crippen LogP contribution in [0.25, 0.3) is 54.9 Å². The van der Waals surface area contributed by atoms with Crippen molar-refractivity contribution in [2.45, 2.75) is 64.7 Å². The summed E-state index contributed by atoms with van der Waals surface area (Å²) >= 11 is 0. The summed E-state index contributed by atoms with van der Waals surface area (Å²) in [6.07, 6.45) is 11.3. The van der Waals surface area contributed by atoms with Gasteiger partial charge in [0.1, 0.15) is 23.0 Å². The second kappa shape index (κ2) is 14.0. The normalized spacial score (nSPS) is 11.4. The maximum absolute atomic E-state index is 11.1. The van der Waals surface area contributed by atoms with Gasteiger partial charge in [-0.1, -0.05) is 113 Å². The highest BCUT2D eigenvalue weighted by molar-refractivity contribution is 5.96. The Balaban J connectivity index is 1.22. The molecule has 0 saturated heterocycles. The van der Waals surface area contributed by atoms with Gasteiger partial charge in [-0.3, -0.25) is 0 Å². The Morgan fingerprint density at radius 2 is 0.891 bits per heavy atom. The first-order valence-corrected chi connectivity index (χ1v) is 16.6. The molecule has 6 aromatic carbocycles. The van der Waals surface area contributed by atoms with Crippen molar-refractivity contribution in [1.29, 1.82) is 0 Å². The zero-order valence-electron chi connectivity index (χ0n) is 26.5. The average molecular weight is 611 g/mol. The van der Waals surface area contributed by atoms with Gasteiger partial charge in [0.05, 0.1) is 0 Å². The van der Waals surface area contributed by atoms with E-state index >= 15 is 0 Å². The lowest BCUT2D eigenvalue weighted by Gasteiger charge is -2.15. The SMILES string of the molecule is CCCCCCCCCCc1ccc2cc(-c3cc(O)c(-c4cc5ccc(-c6ccccc6)cc5cc4O)cc3O)c(O)cc2c1. The van der Waals surface area contributed by atoms with E-state index in [0.29, 0.717) is 22.3 Å². The molecule has 6 aromatic rings. The second-order valence-corrected chi connectivity index (χ2v) is 12.5. The molecular formula is C42H42O4. The van der Waals surface area contributed by atoms with Crippen LogP contribution in [0.3, 0.4) is 0 Å². The van der Waals surface area contributed by atoms with E-state index in [4.69, 9.17) is 0 Å². The van der Waals surface area contributed by atoms with Crippen molar-refractivity contribution >= 4 is 21.5 Å². The quantitative estimate of drug-likeness (QED) is 0.0821. The molecular weight excluding hydrogens is 568 g/mol. The smallest absolute Gasteiger partial charge is 0.124 e. The zero-order valence-corrected chi connectivity index (χ0v) is 26.5. The number of phenols is 4. The Kier molecular flexibility index (Phi) is 9.44. The molecule has 0 bridgehead atoms. The summed E-state index contributed by atoms with van der Waals surface area (Å²) in [5.74, 6) is -0.185. The molecule has 4 heteroatoms. The molecule has 4 nitrogen and oxygen atoms in total. The second-order valence-electron chi connectivity index (χ2n) is 12.5. The van der Waals surface area contributed by atoms with Gasteiger partial charge in [0, 0.05) is 22.3 Å². The van der Waals surface area contributed by atoms with Crippen LogP contribution in [-0.4, -0.2) is 20.4 Å². The van der Waals surface area contributed by atoms with Crippen molar-refractivity contribution in [2.24, 2.45) is 0 Å². The monoisotopic (exact) mass is 610 g/mol. The van der Waals surface area contributed by atoms with Crippen LogP contribution < -0.4 is 0 Å². The fourth-order valence-corrected chi connectivity index (χ4v) is 6.49. The van der Waals surface area contributed by atoms with Gasteiger partial charge in [-0.2, -0.15) is 0 Å². The maximum Gasteiger partial charge on any atom is 0.124 e. The summed E-state index contributed by atoms with van der Waals surface area (Å²) in [5, 5.41) is 47.9. The number of fused-ring (bicyclic) bond motifs is 2. The van der Waals surface area contributed by atoms with Gasteiger partial charge in [-0.05, 0) is 93.5 Å². The summed E-state index contributed by atoms with van der Waals surface area (Å²) < 4.78 is 0. The number of aryl methyl sites for hydroxylation is 1. The molecule has 0 aliphatic rings. The third-order valence-electron chi connectivity index (χ3n) is 9.09. The first-order chi connectivity index (χ1) is 22.4. The molecule has 0 aliphatic heterocycles. The van der Waals surface area contributed by atoms with Gasteiger partial charge in [-0.25, -0.2) is 0 Å². The molecule has 0 fully saturated rings. The number of phenolic OH excluding ortho intramolecular Hbond substituents is 4. The van der Waals surface area contributed by atoms with E-state index in [-0.39, 0.29) is 23.0 Å². The first kappa shape index (κ1) is 31.0. The van der Waals surface area contributed by atoms with Gasteiger partial charge >= 0.3 is 0 Å². The summed E-state index contributed by atoms with van der Waals surface area (Å²) in [6.45, 7) is 2.25. The highest BCUT2D eigenvalue weighted by Crippen LogP contribution is 2.46. The van der Waals surface area contributed by atoms with Crippen LogP contribution in [0.2, 0.25) is 0 Å². The van der Waals surface area contributed by atoms with Gasteiger partial charge in [0.25, 0.3) is 0 Å². The van der Waals surface area contributed by atoms with Gasteiger partial charge in [0.2, 0.25) is 0 Å². The molecule has 46 heavy (non-hydrogen) atoms. The lowest BCUT2D eigenvalue weighted by molar-refractivity contribution is 0.458. The minimum Gasteiger partial charge on any atom is -0.507 e. The summed E-state index contributed by atoms with van der Waals surface area (Å²) in [7, 11) is 0. The van der Waals surface area contributed by atoms with E-state index in [1.54, 1.807) is 12.1 Å². The maximum atomic E-state index is 11.1. The largest absolute Gasteiger partial charge is 0.507 e. The average Bonchev–Trinajstić information content (AvgIpc) is 3.06. The number of unbranched alkanes of at least 4 members (excludes halogenated alkanes) is 7. The van der Waals surface area contributed by atoms with Crippen molar-refractivity contribution in [2.75, 3.05) is 0 Å². The molecule has 6 rings (SSSR count). The van der Waals surface area contributed by atoms with Crippen molar-refractivity contribution < 1.29 is 20.4 Å². The van der Waals surface area contributed by atoms with E-state index in [1.165, 1.54) is 62.6 Å². The standard InChI is InChI=1S/C42H42O4/c1-2-3-4-5-6-7-8-10-13-28-16-17-31-22-35(39(43)24-33(31)20-28)37-26-42(46)38(27-41(37)45)36-23-32-19-18-30(21-34(32)25-40(36)44)29-14-11-9-12-15-29/h9,11-12,14-27,43-46H,2-8,10,13H2,1H3. The van der Waals surface area contributed by atoms with E-state index < -0.39 is 0 Å². The summed E-state index contributed by atoms with van der Waals surface area (Å²) in [5.41, 5.74) is 4.84. The van der Waals surface area contributed by atoms with Crippen LogP contribution in [-0.2, 0) is 6.42 Å². The van der Waals surface area contributed by atoms with Gasteiger partial charge in [0.15, 0.2) is 0 Å². The minimum absolute atomic E-state index is 0.00325. The van der Waals surface area contributed by atoms with Gasteiger partial charge in [-0.15, -0.1) is 0 Å². The van der Waals surface area contributed by atoms with Crippen LogP contribution in [0.5, 0.6) is 23.0 Å². The Morgan fingerprint density at radius 1 is 0.391 bits per heavy atom. The van der Waals surface area contributed by atoms with E-state index in [9.17, 15) is 20.4 Å². The van der Waals surface area contributed by atoms with Gasteiger partial charge < -0.3 is 20.4 Å². The molecule has 234 valence electrons. The molecule has 0 heterocycles. The summed E-state index contributed by atoms with van der Waals surface area (Å²) in [4.78, 5) is 0. The number of hydrogen-bond donors (Lipinski definition) is 4. The molecule has 0 radical (unpaired) electrons. The highest BCUT2D eigenvalue weighted by Gasteiger charge is 2.18. The molecule has 0 unspecified atom stereocenters. The van der Waals surface area contributed by atoms with Crippen LogP contribution in [0.4, 0.5) is 0 Å². The number of benzene rings is 6. The lowest BCUT2D eigenvalue weighted by atomic mass is 9.93. The van der Waals surface area contributed by atoms with Crippen molar-refractivity contribution in [3.63, 3.8) is 0 Å². The first-order valence-electron chi connectivity index (χ1n) is 16.6. The molecule has 0 atom stereocenters. The minimum atomic E-state index is -0.108. The van der Waals surface area contributed by atoms with Crippen LogP contribution in [0.15, 0.2) is 103 Å². The predicted octanol–water partition coefficient (Wildman–Crippen LogP) is 11.5. The molecule has 4 N–H and O–H groups in total. The van der Waals surface area contributed by atoms with E-state index in [2.05, 4.69) is 25.1 Å². The van der Waals surface area contributed by atoms with Crippen LogP contribution in [0, 0.1) is 0 Å². The Labute approximate surface area is 271 Å². The van der Waals surface area contributed by atoms with Crippen molar-refractivity contribution in [3.8, 4) is 56.4 Å².